The van der Waals surface area contributed by atoms with Gasteiger partial charge in [-0.3, -0.25) is 0 Å². The summed E-state index contributed by atoms with van der Waals surface area (Å²) in [5.74, 6) is -0.583. The molecule has 0 fully saturated rings. The molecule has 0 unspecified atom stereocenters. The van der Waals surface area contributed by atoms with Crippen LogP contribution in [0.15, 0.2) is 36.4 Å². The molecule has 2 rings (SSSR count). The first-order valence-electron chi connectivity index (χ1n) is 5.24. The van der Waals surface area contributed by atoms with Crippen LogP contribution in [-0.4, -0.2) is 10.2 Å². The Hall–Kier alpha value is -1.82. The number of halogens is 4. The number of benzene rings is 1. The van der Waals surface area contributed by atoms with Gasteiger partial charge in [0.25, 0.3) is 0 Å². The van der Waals surface area contributed by atoms with Crippen molar-refractivity contribution in [3.63, 3.8) is 0 Å². The Morgan fingerprint density at radius 1 is 1.11 bits per heavy atom. The zero-order valence-corrected chi connectivity index (χ0v) is 10.2. The van der Waals surface area contributed by atoms with Crippen molar-refractivity contribution in [2.24, 2.45) is 0 Å². The lowest BCUT2D eigenvalue weighted by atomic mass is 10.2. The number of hydrogen-bond donors (Lipinski definition) is 0. The number of alkyl halides is 3. The Morgan fingerprint density at radius 3 is 2.42 bits per heavy atom. The molecule has 0 atom stereocenters. The van der Waals surface area contributed by atoms with Crippen molar-refractivity contribution in [2.75, 3.05) is 0 Å². The van der Waals surface area contributed by atoms with E-state index < -0.39 is 17.6 Å². The molecule has 0 amide bonds. The van der Waals surface area contributed by atoms with Gasteiger partial charge in [-0.1, -0.05) is 41.9 Å². The van der Waals surface area contributed by atoms with Gasteiger partial charge in [-0.2, -0.15) is 13.2 Å². The SMILES string of the molecule is FC(F)(F)c1cc(Cl)nnc1OCc1ccccc1. The molecule has 1 aromatic heterocycles. The average Bonchev–Trinajstić information content (AvgIpc) is 2.37. The molecule has 1 heterocycles. The molecule has 19 heavy (non-hydrogen) atoms. The molecule has 1 aromatic carbocycles. The van der Waals surface area contributed by atoms with Crippen LogP contribution in [0.5, 0.6) is 5.88 Å². The Balaban J connectivity index is 2.21. The number of hydrogen-bond acceptors (Lipinski definition) is 3. The summed E-state index contributed by atoms with van der Waals surface area (Å²) in [6.07, 6.45) is -4.59. The molecule has 0 N–H and O–H groups in total. The minimum atomic E-state index is -4.59. The molecule has 0 aliphatic rings. The predicted molar refractivity (Wildman–Crippen MR) is 62.8 cm³/mol. The van der Waals surface area contributed by atoms with Gasteiger partial charge in [0.1, 0.15) is 12.2 Å². The number of aromatic nitrogens is 2. The minimum Gasteiger partial charge on any atom is -0.471 e. The Morgan fingerprint density at radius 2 is 1.79 bits per heavy atom. The molecular formula is C12H8ClF3N2O. The second-order valence-electron chi connectivity index (χ2n) is 3.66. The van der Waals surface area contributed by atoms with Gasteiger partial charge in [0.05, 0.1) is 0 Å². The number of nitrogens with zero attached hydrogens (tertiary/aromatic N) is 2. The molecule has 0 bridgehead atoms. The topological polar surface area (TPSA) is 35.0 Å². The van der Waals surface area contributed by atoms with Gasteiger partial charge in [-0.25, -0.2) is 0 Å². The van der Waals surface area contributed by atoms with Crippen molar-refractivity contribution in [1.82, 2.24) is 10.2 Å². The summed E-state index contributed by atoms with van der Waals surface area (Å²) in [6, 6.07) is 9.47. The number of ether oxygens (including phenoxy) is 1. The lowest BCUT2D eigenvalue weighted by molar-refractivity contribution is -0.139. The minimum absolute atomic E-state index is 0.0275. The summed E-state index contributed by atoms with van der Waals surface area (Å²) in [6.45, 7) is -0.0275. The van der Waals surface area contributed by atoms with E-state index in [0.717, 1.165) is 5.56 Å². The van der Waals surface area contributed by atoms with Gasteiger partial charge in [-0.05, 0) is 11.6 Å². The van der Waals surface area contributed by atoms with Gasteiger partial charge in [-0.15, -0.1) is 10.2 Å². The molecule has 0 radical (unpaired) electrons. The van der Waals surface area contributed by atoms with E-state index in [1.54, 1.807) is 30.3 Å². The second-order valence-corrected chi connectivity index (χ2v) is 4.05. The largest absolute Gasteiger partial charge is 0.471 e. The van der Waals surface area contributed by atoms with E-state index in [1.165, 1.54) is 0 Å². The second kappa shape index (κ2) is 5.44. The van der Waals surface area contributed by atoms with Gasteiger partial charge >= 0.3 is 6.18 Å². The smallest absolute Gasteiger partial charge is 0.421 e. The van der Waals surface area contributed by atoms with Crippen LogP contribution >= 0.6 is 11.6 Å². The lowest BCUT2D eigenvalue weighted by Crippen LogP contribution is -2.11. The summed E-state index contributed by atoms with van der Waals surface area (Å²) < 4.78 is 43.3. The van der Waals surface area contributed by atoms with E-state index in [4.69, 9.17) is 16.3 Å². The monoisotopic (exact) mass is 288 g/mol. The van der Waals surface area contributed by atoms with E-state index in [-0.39, 0.29) is 11.8 Å². The van der Waals surface area contributed by atoms with Crippen LogP contribution < -0.4 is 4.74 Å². The molecule has 0 aliphatic heterocycles. The maximum atomic E-state index is 12.7. The molecule has 2 aromatic rings. The highest BCUT2D eigenvalue weighted by atomic mass is 35.5. The summed E-state index contributed by atoms with van der Waals surface area (Å²) in [7, 11) is 0. The van der Waals surface area contributed by atoms with Crippen LogP contribution in [0, 0.1) is 0 Å². The first-order valence-corrected chi connectivity index (χ1v) is 5.62. The van der Waals surface area contributed by atoms with Crippen molar-refractivity contribution >= 4 is 11.6 Å². The highest BCUT2D eigenvalue weighted by Gasteiger charge is 2.36. The molecular weight excluding hydrogens is 281 g/mol. The van der Waals surface area contributed by atoms with Gasteiger partial charge in [0.2, 0.25) is 5.88 Å². The standard InChI is InChI=1S/C12H8ClF3N2O/c13-10-6-9(12(14,15)16)11(18-17-10)19-7-8-4-2-1-3-5-8/h1-6H,7H2. The van der Waals surface area contributed by atoms with Crippen molar-refractivity contribution in [1.29, 1.82) is 0 Å². The fourth-order valence-corrected chi connectivity index (χ4v) is 1.54. The third-order valence-corrected chi connectivity index (χ3v) is 2.44. The molecule has 0 aliphatic carbocycles. The fraction of sp³-hybridized carbons (Fsp3) is 0.167. The molecule has 0 saturated heterocycles. The van der Waals surface area contributed by atoms with Gasteiger partial charge in [0.15, 0.2) is 5.15 Å². The van der Waals surface area contributed by atoms with E-state index in [1.807, 2.05) is 0 Å². The third-order valence-electron chi connectivity index (χ3n) is 2.25. The Kier molecular flexibility index (Phi) is 3.90. The van der Waals surface area contributed by atoms with Crippen LogP contribution in [-0.2, 0) is 12.8 Å². The normalized spacial score (nSPS) is 11.4. The molecule has 3 nitrogen and oxygen atoms in total. The van der Waals surface area contributed by atoms with Gasteiger partial charge in [0, 0.05) is 0 Å². The van der Waals surface area contributed by atoms with Crippen molar-refractivity contribution in [3.8, 4) is 5.88 Å². The quantitative estimate of drug-likeness (QED) is 0.863. The Bertz CT molecular complexity index is 561. The first kappa shape index (κ1) is 13.6. The zero-order valence-electron chi connectivity index (χ0n) is 9.49. The van der Waals surface area contributed by atoms with E-state index >= 15 is 0 Å². The summed E-state index contributed by atoms with van der Waals surface area (Å²) >= 11 is 5.41. The van der Waals surface area contributed by atoms with Crippen LogP contribution in [0.1, 0.15) is 11.1 Å². The summed E-state index contributed by atoms with van der Waals surface area (Å²) in [5, 5.41) is 6.36. The lowest BCUT2D eigenvalue weighted by Gasteiger charge is -2.12. The number of rotatable bonds is 3. The average molecular weight is 289 g/mol. The molecule has 0 saturated carbocycles. The van der Waals surface area contributed by atoms with Gasteiger partial charge < -0.3 is 4.74 Å². The molecule has 7 heteroatoms. The van der Waals surface area contributed by atoms with Crippen LogP contribution in [0.25, 0.3) is 0 Å². The third kappa shape index (κ3) is 3.57. The van der Waals surface area contributed by atoms with E-state index in [9.17, 15) is 13.2 Å². The van der Waals surface area contributed by atoms with Crippen LogP contribution in [0.4, 0.5) is 13.2 Å². The first-order chi connectivity index (χ1) is 8.97. The molecule has 100 valence electrons. The van der Waals surface area contributed by atoms with E-state index in [2.05, 4.69) is 10.2 Å². The van der Waals surface area contributed by atoms with Crippen molar-refractivity contribution < 1.29 is 17.9 Å². The summed E-state index contributed by atoms with van der Waals surface area (Å²) in [4.78, 5) is 0. The maximum absolute atomic E-state index is 12.7. The predicted octanol–water partition coefficient (Wildman–Crippen LogP) is 3.73. The summed E-state index contributed by atoms with van der Waals surface area (Å²) in [5.41, 5.74) is -0.309. The van der Waals surface area contributed by atoms with Crippen molar-refractivity contribution in [3.05, 3.63) is 52.7 Å². The Labute approximate surface area is 112 Å². The highest BCUT2D eigenvalue weighted by molar-refractivity contribution is 6.29. The van der Waals surface area contributed by atoms with Crippen molar-refractivity contribution in [2.45, 2.75) is 12.8 Å². The molecule has 0 spiro atoms. The van der Waals surface area contributed by atoms with E-state index in [0.29, 0.717) is 6.07 Å². The van der Waals surface area contributed by atoms with Crippen LogP contribution in [0.2, 0.25) is 5.15 Å². The highest BCUT2D eigenvalue weighted by Crippen LogP contribution is 2.35. The maximum Gasteiger partial charge on any atom is 0.421 e. The van der Waals surface area contributed by atoms with Crippen LogP contribution in [0.3, 0.4) is 0 Å². The zero-order chi connectivity index (χ0) is 13.9. The fourth-order valence-electron chi connectivity index (χ4n) is 1.39.